The number of amidine groups is 1. The number of nitrogens with two attached hydrogens (primary N) is 1. The fourth-order valence-electron chi connectivity index (χ4n) is 1.03. The number of hydrogen-bond acceptors (Lipinski definition) is 2. The molecule has 0 spiro atoms. The molecule has 72 valence electrons. The SMILES string of the molecule is CCC(CC)N=C(N)CCCS. The summed E-state index contributed by atoms with van der Waals surface area (Å²) in [7, 11) is 0. The molecule has 0 saturated carbocycles. The normalized spacial score (nSPS) is 12.5. The zero-order valence-electron chi connectivity index (χ0n) is 8.08. The predicted octanol–water partition coefficient (Wildman–Crippen LogP) is 2.24. The highest BCUT2D eigenvalue weighted by molar-refractivity contribution is 7.80. The predicted molar refractivity (Wildman–Crippen MR) is 59.1 cm³/mol. The number of thiol groups is 1. The quantitative estimate of drug-likeness (QED) is 0.374. The van der Waals surface area contributed by atoms with E-state index in [2.05, 4.69) is 31.5 Å². The third kappa shape index (κ3) is 5.47. The van der Waals surface area contributed by atoms with Gasteiger partial charge in [-0.15, -0.1) is 0 Å². The highest BCUT2D eigenvalue weighted by atomic mass is 32.1. The van der Waals surface area contributed by atoms with E-state index in [1.807, 2.05) is 0 Å². The molecule has 0 aromatic heterocycles. The van der Waals surface area contributed by atoms with Crippen molar-refractivity contribution >= 4 is 18.5 Å². The lowest BCUT2D eigenvalue weighted by Gasteiger charge is -2.07. The van der Waals surface area contributed by atoms with Crippen LogP contribution < -0.4 is 5.73 Å². The summed E-state index contributed by atoms with van der Waals surface area (Å²) in [6.45, 7) is 4.28. The minimum absolute atomic E-state index is 0.421. The molecule has 0 aromatic carbocycles. The van der Waals surface area contributed by atoms with Crippen molar-refractivity contribution in [2.24, 2.45) is 10.7 Å². The first-order valence-corrected chi connectivity index (χ1v) is 5.30. The monoisotopic (exact) mass is 188 g/mol. The smallest absolute Gasteiger partial charge is 0.0940 e. The summed E-state index contributed by atoms with van der Waals surface area (Å²) in [5.41, 5.74) is 5.73. The fourth-order valence-corrected chi connectivity index (χ4v) is 1.19. The second-order valence-corrected chi connectivity index (χ2v) is 3.37. The van der Waals surface area contributed by atoms with Crippen LogP contribution in [-0.2, 0) is 0 Å². The standard InChI is InChI=1S/C9H20N2S/c1-3-8(4-2)11-9(10)6-5-7-12/h8,12H,3-7H2,1-2H3,(H2,10,11). The third-order valence-corrected chi connectivity index (χ3v) is 2.20. The Labute approximate surface area is 81.0 Å². The molecule has 0 heterocycles. The molecule has 0 aromatic rings. The summed E-state index contributed by atoms with van der Waals surface area (Å²) >= 11 is 4.12. The van der Waals surface area contributed by atoms with Gasteiger partial charge in [-0.2, -0.15) is 12.6 Å². The molecule has 0 saturated heterocycles. The van der Waals surface area contributed by atoms with Gasteiger partial charge in [-0.3, -0.25) is 4.99 Å². The van der Waals surface area contributed by atoms with Gasteiger partial charge in [0.2, 0.25) is 0 Å². The Kier molecular flexibility index (Phi) is 7.36. The van der Waals surface area contributed by atoms with Crippen LogP contribution in [0.4, 0.5) is 0 Å². The highest BCUT2D eigenvalue weighted by Crippen LogP contribution is 2.03. The van der Waals surface area contributed by atoms with E-state index in [9.17, 15) is 0 Å². The lowest BCUT2D eigenvalue weighted by molar-refractivity contribution is 0.628. The van der Waals surface area contributed by atoms with Crippen molar-refractivity contribution in [3.8, 4) is 0 Å². The Bertz CT molecular complexity index is 130. The molecule has 0 aliphatic rings. The van der Waals surface area contributed by atoms with E-state index in [-0.39, 0.29) is 0 Å². The maximum atomic E-state index is 5.73. The van der Waals surface area contributed by atoms with Gasteiger partial charge in [0.05, 0.1) is 11.9 Å². The maximum absolute atomic E-state index is 5.73. The van der Waals surface area contributed by atoms with Gasteiger partial charge < -0.3 is 5.73 Å². The Morgan fingerprint density at radius 2 is 2.00 bits per heavy atom. The van der Waals surface area contributed by atoms with Crippen molar-refractivity contribution in [2.45, 2.75) is 45.6 Å². The number of aliphatic imine (C=N–C) groups is 1. The first-order valence-electron chi connectivity index (χ1n) is 4.67. The van der Waals surface area contributed by atoms with Crippen molar-refractivity contribution in [3.63, 3.8) is 0 Å². The number of hydrogen-bond donors (Lipinski definition) is 2. The van der Waals surface area contributed by atoms with E-state index >= 15 is 0 Å². The molecule has 0 aliphatic carbocycles. The van der Waals surface area contributed by atoms with E-state index in [0.29, 0.717) is 6.04 Å². The Morgan fingerprint density at radius 1 is 1.42 bits per heavy atom. The van der Waals surface area contributed by atoms with Crippen LogP contribution in [0.5, 0.6) is 0 Å². The molecule has 12 heavy (non-hydrogen) atoms. The van der Waals surface area contributed by atoms with Gasteiger partial charge in [0.15, 0.2) is 0 Å². The number of nitrogens with zero attached hydrogens (tertiary/aromatic N) is 1. The van der Waals surface area contributed by atoms with Gasteiger partial charge in [-0.05, 0) is 25.0 Å². The molecule has 0 radical (unpaired) electrons. The van der Waals surface area contributed by atoms with E-state index in [0.717, 1.165) is 37.3 Å². The van der Waals surface area contributed by atoms with Crippen molar-refractivity contribution < 1.29 is 0 Å². The first-order chi connectivity index (χ1) is 5.74. The van der Waals surface area contributed by atoms with Gasteiger partial charge in [0.1, 0.15) is 0 Å². The van der Waals surface area contributed by atoms with Crippen LogP contribution in [0, 0.1) is 0 Å². The summed E-state index contributed by atoms with van der Waals surface area (Å²) in [6.07, 6.45) is 4.08. The molecule has 2 N–H and O–H groups in total. The number of rotatable bonds is 6. The third-order valence-electron chi connectivity index (χ3n) is 1.88. The molecule has 0 aliphatic heterocycles. The average Bonchev–Trinajstić information content (AvgIpc) is 2.10. The second kappa shape index (κ2) is 7.47. The van der Waals surface area contributed by atoms with Crippen molar-refractivity contribution in [2.75, 3.05) is 5.75 Å². The Morgan fingerprint density at radius 3 is 2.42 bits per heavy atom. The summed E-state index contributed by atoms with van der Waals surface area (Å²) in [4.78, 5) is 4.41. The molecule has 0 bridgehead atoms. The van der Waals surface area contributed by atoms with Crippen LogP contribution >= 0.6 is 12.6 Å². The van der Waals surface area contributed by atoms with Crippen LogP contribution in [0.2, 0.25) is 0 Å². The van der Waals surface area contributed by atoms with Gasteiger partial charge in [0, 0.05) is 6.42 Å². The molecule has 0 amide bonds. The lowest BCUT2D eigenvalue weighted by Crippen LogP contribution is -2.16. The fraction of sp³-hybridized carbons (Fsp3) is 0.889. The van der Waals surface area contributed by atoms with Crippen LogP contribution in [0.1, 0.15) is 39.5 Å². The maximum Gasteiger partial charge on any atom is 0.0940 e. The largest absolute Gasteiger partial charge is 0.387 e. The van der Waals surface area contributed by atoms with E-state index < -0.39 is 0 Å². The van der Waals surface area contributed by atoms with Gasteiger partial charge in [-0.25, -0.2) is 0 Å². The van der Waals surface area contributed by atoms with E-state index in [4.69, 9.17) is 5.73 Å². The molecule has 0 unspecified atom stereocenters. The van der Waals surface area contributed by atoms with Crippen molar-refractivity contribution in [1.82, 2.24) is 0 Å². The molecule has 0 rings (SSSR count). The van der Waals surface area contributed by atoms with Crippen molar-refractivity contribution in [3.05, 3.63) is 0 Å². The molecular weight excluding hydrogens is 168 g/mol. The van der Waals surface area contributed by atoms with Crippen LogP contribution in [0.25, 0.3) is 0 Å². The topological polar surface area (TPSA) is 38.4 Å². The minimum atomic E-state index is 0.421. The van der Waals surface area contributed by atoms with E-state index in [1.54, 1.807) is 0 Å². The lowest BCUT2D eigenvalue weighted by atomic mass is 10.2. The first kappa shape index (κ1) is 11.8. The summed E-state index contributed by atoms with van der Waals surface area (Å²) in [5, 5.41) is 0. The molecule has 2 nitrogen and oxygen atoms in total. The zero-order valence-corrected chi connectivity index (χ0v) is 8.98. The van der Waals surface area contributed by atoms with Crippen molar-refractivity contribution in [1.29, 1.82) is 0 Å². The molecular formula is C9H20N2S. The minimum Gasteiger partial charge on any atom is -0.387 e. The summed E-state index contributed by atoms with van der Waals surface area (Å²) in [5.74, 6) is 1.68. The van der Waals surface area contributed by atoms with Gasteiger partial charge in [-0.1, -0.05) is 13.8 Å². The van der Waals surface area contributed by atoms with Gasteiger partial charge >= 0.3 is 0 Å². The Hall–Kier alpha value is -0.180. The molecule has 3 heteroatoms. The zero-order chi connectivity index (χ0) is 9.40. The summed E-state index contributed by atoms with van der Waals surface area (Å²) in [6, 6.07) is 0.421. The second-order valence-electron chi connectivity index (χ2n) is 2.92. The summed E-state index contributed by atoms with van der Waals surface area (Å²) < 4.78 is 0. The van der Waals surface area contributed by atoms with Crippen LogP contribution in [0.15, 0.2) is 4.99 Å². The van der Waals surface area contributed by atoms with Crippen LogP contribution in [-0.4, -0.2) is 17.6 Å². The Balaban J connectivity index is 3.77. The van der Waals surface area contributed by atoms with E-state index in [1.165, 1.54) is 0 Å². The molecule has 0 fully saturated rings. The van der Waals surface area contributed by atoms with Gasteiger partial charge in [0.25, 0.3) is 0 Å². The highest BCUT2D eigenvalue weighted by Gasteiger charge is 2.00. The van der Waals surface area contributed by atoms with Crippen LogP contribution in [0.3, 0.4) is 0 Å². The average molecular weight is 188 g/mol. The molecule has 0 atom stereocenters.